The molecule has 1 fully saturated rings. The number of hydrogen-bond acceptors (Lipinski definition) is 3. The first-order valence-corrected chi connectivity index (χ1v) is 7.60. The van der Waals surface area contributed by atoms with Crippen LogP contribution in [0.4, 0.5) is 11.4 Å². The summed E-state index contributed by atoms with van der Waals surface area (Å²) in [4.78, 5) is 14.5. The van der Waals surface area contributed by atoms with Crippen LogP contribution in [0.1, 0.15) is 37.7 Å². The van der Waals surface area contributed by atoms with Crippen molar-refractivity contribution in [2.75, 3.05) is 17.2 Å². The summed E-state index contributed by atoms with van der Waals surface area (Å²) in [5, 5.41) is 0. The van der Waals surface area contributed by atoms with Gasteiger partial charge < -0.3 is 16.4 Å². The van der Waals surface area contributed by atoms with Crippen molar-refractivity contribution in [1.82, 2.24) is 0 Å². The molecule has 1 aromatic rings. The van der Waals surface area contributed by atoms with Crippen LogP contribution in [0.2, 0.25) is 0 Å². The van der Waals surface area contributed by atoms with Gasteiger partial charge >= 0.3 is 0 Å². The van der Waals surface area contributed by atoms with Crippen LogP contribution in [0.25, 0.3) is 0 Å². The quantitative estimate of drug-likeness (QED) is 0.809. The van der Waals surface area contributed by atoms with Crippen molar-refractivity contribution < 1.29 is 4.79 Å². The molecule has 3 rings (SSSR count). The molecule has 22 heavy (non-hydrogen) atoms. The van der Waals surface area contributed by atoms with Crippen LogP contribution >= 0.6 is 24.8 Å². The molecule has 2 aliphatic rings. The Balaban J connectivity index is 0.00000121. The van der Waals surface area contributed by atoms with Crippen molar-refractivity contribution in [1.29, 1.82) is 0 Å². The Morgan fingerprint density at radius 1 is 1.23 bits per heavy atom. The lowest BCUT2D eigenvalue weighted by atomic mass is 9.96. The zero-order valence-electron chi connectivity index (χ0n) is 12.7. The van der Waals surface area contributed by atoms with Crippen molar-refractivity contribution in [3.8, 4) is 0 Å². The molecule has 1 heterocycles. The van der Waals surface area contributed by atoms with Crippen LogP contribution in [0.5, 0.6) is 0 Å². The number of nitrogens with two attached hydrogens (primary N) is 2. The zero-order chi connectivity index (χ0) is 14.1. The molecule has 0 radical (unpaired) electrons. The second-order valence-corrected chi connectivity index (χ2v) is 6.05. The summed E-state index contributed by atoms with van der Waals surface area (Å²) in [5.41, 5.74) is 15.1. The average Bonchev–Trinajstić information content (AvgIpc) is 2.84. The van der Waals surface area contributed by atoms with Gasteiger partial charge in [-0.1, -0.05) is 12.5 Å². The minimum absolute atomic E-state index is 0. The first-order valence-electron chi connectivity index (χ1n) is 7.60. The summed E-state index contributed by atoms with van der Waals surface area (Å²) >= 11 is 0. The van der Waals surface area contributed by atoms with Crippen molar-refractivity contribution in [2.45, 2.75) is 44.6 Å². The number of nitrogen functional groups attached to an aromatic ring is 1. The highest BCUT2D eigenvalue weighted by Crippen LogP contribution is 2.33. The molecule has 0 aromatic heterocycles. The average molecular weight is 346 g/mol. The molecule has 1 aliphatic carbocycles. The van der Waals surface area contributed by atoms with Crippen LogP contribution in [0.15, 0.2) is 18.2 Å². The zero-order valence-corrected chi connectivity index (χ0v) is 14.3. The molecule has 4 N–H and O–H groups in total. The Morgan fingerprint density at radius 2 is 2.00 bits per heavy atom. The molecule has 1 aliphatic heterocycles. The fraction of sp³-hybridized carbons (Fsp3) is 0.562. The van der Waals surface area contributed by atoms with Gasteiger partial charge in [0.05, 0.1) is 0 Å². The number of anilines is 2. The molecule has 1 saturated carbocycles. The van der Waals surface area contributed by atoms with E-state index in [0.29, 0.717) is 12.3 Å². The lowest BCUT2D eigenvalue weighted by molar-refractivity contribution is -0.119. The Morgan fingerprint density at radius 3 is 2.68 bits per heavy atom. The summed E-state index contributed by atoms with van der Waals surface area (Å²) < 4.78 is 0. The van der Waals surface area contributed by atoms with Gasteiger partial charge in [0.15, 0.2) is 0 Å². The van der Waals surface area contributed by atoms with E-state index in [9.17, 15) is 4.79 Å². The Labute approximate surface area is 144 Å². The highest BCUT2D eigenvalue weighted by Gasteiger charge is 2.30. The van der Waals surface area contributed by atoms with Gasteiger partial charge in [-0.2, -0.15) is 0 Å². The van der Waals surface area contributed by atoms with Crippen molar-refractivity contribution in [2.24, 2.45) is 11.7 Å². The topological polar surface area (TPSA) is 72.3 Å². The number of carbonyl (C=O) groups is 1. The van der Waals surface area contributed by atoms with E-state index in [0.717, 1.165) is 55.6 Å². The summed E-state index contributed by atoms with van der Waals surface area (Å²) in [6.07, 6.45) is 5.84. The summed E-state index contributed by atoms with van der Waals surface area (Å²) in [6, 6.07) is 6.06. The number of carbonyl (C=O) groups excluding carboxylic acids is 1. The van der Waals surface area contributed by atoms with Crippen molar-refractivity contribution >= 4 is 42.1 Å². The van der Waals surface area contributed by atoms with Gasteiger partial charge in [-0.25, -0.2) is 0 Å². The minimum Gasteiger partial charge on any atom is -0.398 e. The van der Waals surface area contributed by atoms with E-state index in [1.807, 2.05) is 23.1 Å². The van der Waals surface area contributed by atoms with Gasteiger partial charge in [0.2, 0.25) is 5.91 Å². The van der Waals surface area contributed by atoms with Gasteiger partial charge in [-0.15, -0.1) is 24.8 Å². The molecule has 124 valence electrons. The molecule has 2 atom stereocenters. The van der Waals surface area contributed by atoms with E-state index >= 15 is 0 Å². The first-order chi connectivity index (χ1) is 9.66. The predicted molar refractivity (Wildman–Crippen MR) is 96.0 cm³/mol. The second-order valence-electron chi connectivity index (χ2n) is 6.05. The fourth-order valence-electron chi connectivity index (χ4n) is 3.56. The highest BCUT2D eigenvalue weighted by atomic mass is 35.5. The molecule has 1 aromatic carbocycles. The molecule has 0 spiro atoms. The molecule has 0 unspecified atom stereocenters. The number of hydrogen-bond donors (Lipinski definition) is 2. The SMILES string of the molecule is Cl.Cl.Nc1cccc2c1CCCN2C(=O)C[C@@H]1CCC[C@H]1N. The van der Waals surface area contributed by atoms with E-state index in [4.69, 9.17) is 11.5 Å². The van der Waals surface area contributed by atoms with Gasteiger partial charge in [0, 0.05) is 30.4 Å². The molecule has 6 heteroatoms. The molecule has 1 amide bonds. The standard InChI is InChI=1S/C16H23N3O.2ClH/c17-13-6-1-4-11(13)10-16(20)19-9-3-5-12-14(18)7-2-8-15(12)19;;/h2,7-8,11,13H,1,3-6,9-10,17-18H2;2*1H/t11-,13+;;/m0../s1. The van der Waals surface area contributed by atoms with E-state index in [-0.39, 0.29) is 36.8 Å². The van der Waals surface area contributed by atoms with Crippen LogP contribution < -0.4 is 16.4 Å². The number of fused-ring (bicyclic) bond motifs is 1. The van der Waals surface area contributed by atoms with E-state index < -0.39 is 0 Å². The van der Waals surface area contributed by atoms with Gasteiger partial charge in [-0.05, 0) is 49.3 Å². The Hall–Kier alpha value is -0.970. The minimum atomic E-state index is 0. The molecular weight excluding hydrogens is 321 g/mol. The lowest BCUT2D eigenvalue weighted by Crippen LogP contribution is -2.38. The molecular formula is C16H25Cl2N3O. The molecule has 0 saturated heterocycles. The first kappa shape index (κ1) is 19.1. The van der Waals surface area contributed by atoms with Crippen LogP contribution in [-0.2, 0) is 11.2 Å². The van der Waals surface area contributed by atoms with Crippen LogP contribution in [-0.4, -0.2) is 18.5 Å². The predicted octanol–water partition coefficient (Wildman–Crippen LogP) is 2.91. The largest absolute Gasteiger partial charge is 0.398 e. The second kappa shape index (κ2) is 8.04. The Bertz CT molecular complexity index is 524. The van der Waals surface area contributed by atoms with Crippen molar-refractivity contribution in [3.05, 3.63) is 23.8 Å². The third-order valence-corrected chi connectivity index (χ3v) is 4.74. The van der Waals surface area contributed by atoms with E-state index in [1.54, 1.807) is 0 Å². The van der Waals surface area contributed by atoms with Crippen LogP contribution in [0, 0.1) is 5.92 Å². The fourth-order valence-corrected chi connectivity index (χ4v) is 3.56. The number of nitrogens with zero attached hydrogens (tertiary/aromatic N) is 1. The third kappa shape index (κ3) is 3.67. The number of benzene rings is 1. The third-order valence-electron chi connectivity index (χ3n) is 4.74. The summed E-state index contributed by atoms with van der Waals surface area (Å²) in [6.45, 7) is 0.803. The smallest absolute Gasteiger partial charge is 0.227 e. The number of halogens is 2. The highest BCUT2D eigenvalue weighted by molar-refractivity contribution is 5.95. The van der Waals surface area contributed by atoms with Gasteiger partial charge in [0.1, 0.15) is 0 Å². The number of rotatable bonds is 2. The van der Waals surface area contributed by atoms with Gasteiger partial charge in [0.25, 0.3) is 0 Å². The normalized spacial score (nSPS) is 23.2. The lowest BCUT2D eigenvalue weighted by Gasteiger charge is -2.31. The molecule has 0 bridgehead atoms. The maximum Gasteiger partial charge on any atom is 0.227 e. The maximum atomic E-state index is 12.6. The Kier molecular flexibility index (Phi) is 6.98. The van der Waals surface area contributed by atoms with E-state index in [1.165, 1.54) is 0 Å². The molecule has 4 nitrogen and oxygen atoms in total. The monoisotopic (exact) mass is 345 g/mol. The van der Waals surface area contributed by atoms with E-state index in [2.05, 4.69) is 0 Å². The maximum absolute atomic E-state index is 12.6. The number of amides is 1. The summed E-state index contributed by atoms with van der Waals surface area (Å²) in [5.74, 6) is 0.563. The summed E-state index contributed by atoms with van der Waals surface area (Å²) in [7, 11) is 0. The van der Waals surface area contributed by atoms with Crippen molar-refractivity contribution in [3.63, 3.8) is 0 Å². The van der Waals surface area contributed by atoms with Crippen LogP contribution in [0.3, 0.4) is 0 Å². The van der Waals surface area contributed by atoms with Gasteiger partial charge in [-0.3, -0.25) is 4.79 Å².